The van der Waals surface area contributed by atoms with Crippen molar-refractivity contribution in [1.29, 1.82) is 0 Å². The molecular formula is C9H16O2. The molecule has 1 fully saturated rings. The van der Waals surface area contributed by atoms with E-state index in [-0.39, 0.29) is 11.8 Å². The van der Waals surface area contributed by atoms with Crippen LogP contribution in [0.5, 0.6) is 0 Å². The SMILES string of the molecule is CCC(C)C(=O)C1CCOC1. The van der Waals surface area contributed by atoms with Crippen molar-refractivity contribution in [2.45, 2.75) is 26.7 Å². The van der Waals surface area contributed by atoms with Gasteiger partial charge in [0, 0.05) is 18.4 Å². The summed E-state index contributed by atoms with van der Waals surface area (Å²) in [6.07, 6.45) is 1.89. The van der Waals surface area contributed by atoms with Gasteiger partial charge in [0.25, 0.3) is 0 Å². The van der Waals surface area contributed by atoms with Gasteiger partial charge in [-0.25, -0.2) is 0 Å². The summed E-state index contributed by atoms with van der Waals surface area (Å²) >= 11 is 0. The topological polar surface area (TPSA) is 26.3 Å². The highest BCUT2D eigenvalue weighted by atomic mass is 16.5. The minimum atomic E-state index is 0.199. The number of ether oxygens (including phenoxy) is 1. The highest BCUT2D eigenvalue weighted by molar-refractivity contribution is 5.83. The Hall–Kier alpha value is -0.370. The summed E-state index contributed by atoms with van der Waals surface area (Å²) in [5, 5.41) is 0. The van der Waals surface area contributed by atoms with Crippen molar-refractivity contribution in [2.75, 3.05) is 13.2 Å². The molecular weight excluding hydrogens is 140 g/mol. The number of rotatable bonds is 3. The molecule has 0 saturated carbocycles. The lowest BCUT2D eigenvalue weighted by atomic mass is 9.92. The fourth-order valence-electron chi connectivity index (χ4n) is 1.36. The van der Waals surface area contributed by atoms with Crippen LogP contribution in [-0.4, -0.2) is 19.0 Å². The largest absolute Gasteiger partial charge is 0.381 e. The second-order valence-corrected chi connectivity index (χ2v) is 3.27. The molecule has 2 unspecified atom stereocenters. The van der Waals surface area contributed by atoms with Crippen LogP contribution in [0.25, 0.3) is 0 Å². The molecule has 1 aliphatic rings. The summed E-state index contributed by atoms with van der Waals surface area (Å²) in [7, 11) is 0. The van der Waals surface area contributed by atoms with E-state index in [1.807, 2.05) is 6.92 Å². The number of carbonyl (C=O) groups is 1. The summed E-state index contributed by atoms with van der Waals surface area (Å²) in [6.45, 7) is 5.48. The lowest BCUT2D eigenvalue weighted by molar-refractivity contribution is -0.126. The molecule has 11 heavy (non-hydrogen) atoms. The Morgan fingerprint density at radius 1 is 1.73 bits per heavy atom. The van der Waals surface area contributed by atoms with E-state index in [0.29, 0.717) is 12.4 Å². The molecule has 1 aliphatic heterocycles. The smallest absolute Gasteiger partial charge is 0.141 e. The van der Waals surface area contributed by atoms with Gasteiger partial charge in [-0.05, 0) is 12.8 Å². The van der Waals surface area contributed by atoms with Gasteiger partial charge >= 0.3 is 0 Å². The van der Waals surface area contributed by atoms with Gasteiger partial charge in [0.2, 0.25) is 0 Å². The van der Waals surface area contributed by atoms with Crippen LogP contribution in [0.15, 0.2) is 0 Å². The third kappa shape index (κ3) is 2.03. The van der Waals surface area contributed by atoms with Gasteiger partial charge in [-0.2, -0.15) is 0 Å². The second kappa shape index (κ2) is 3.86. The standard InChI is InChI=1S/C9H16O2/c1-3-7(2)9(10)8-4-5-11-6-8/h7-8H,3-6H2,1-2H3. The van der Waals surface area contributed by atoms with Crippen LogP contribution in [0.1, 0.15) is 26.7 Å². The van der Waals surface area contributed by atoms with Gasteiger partial charge in [-0.3, -0.25) is 4.79 Å². The lowest BCUT2D eigenvalue weighted by Crippen LogP contribution is -2.21. The predicted octanol–water partition coefficient (Wildman–Crippen LogP) is 1.64. The molecule has 0 N–H and O–H groups in total. The molecule has 0 aromatic carbocycles. The normalized spacial score (nSPS) is 26.9. The fraction of sp³-hybridized carbons (Fsp3) is 0.889. The van der Waals surface area contributed by atoms with Gasteiger partial charge in [0.15, 0.2) is 0 Å². The third-order valence-electron chi connectivity index (χ3n) is 2.43. The summed E-state index contributed by atoms with van der Waals surface area (Å²) in [4.78, 5) is 11.5. The summed E-state index contributed by atoms with van der Waals surface area (Å²) < 4.78 is 5.15. The molecule has 2 atom stereocenters. The highest BCUT2D eigenvalue weighted by Crippen LogP contribution is 2.18. The van der Waals surface area contributed by atoms with Crippen LogP contribution in [0.3, 0.4) is 0 Å². The molecule has 64 valence electrons. The zero-order chi connectivity index (χ0) is 8.27. The molecule has 1 heterocycles. The quantitative estimate of drug-likeness (QED) is 0.621. The number of hydrogen-bond donors (Lipinski definition) is 0. The van der Waals surface area contributed by atoms with Crippen molar-refractivity contribution in [2.24, 2.45) is 11.8 Å². The second-order valence-electron chi connectivity index (χ2n) is 3.27. The van der Waals surface area contributed by atoms with Crippen molar-refractivity contribution < 1.29 is 9.53 Å². The van der Waals surface area contributed by atoms with Gasteiger partial charge in [0.05, 0.1) is 6.61 Å². The van der Waals surface area contributed by atoms with Crippen LogP contribution >= 0.6 is 0 Å². The molecule has 2 heteroatoms. The first-order valence-electron chi connectivity index (χ1n) is 4.37. The van der Waals surface area contributed by atoms with Crippen LogP contribution < -0.4 is 0 Å². The van der Waals surface area contributed by atoms with Crippen LogP contribution in [0.4, 0.5) is 0 Å². The van der Waals surface area contributed by atoms with Crippen LogP contribution in [0, 0.1) is 11.8 Å². The Labute approximate surface area is 67.9 Å². The van der Waals surface area contributed by atoms with E-state index in [4.69, 9.17) is 4.74 Å². The van der Waals surface area contributed by atoms with Gasteiger partial charge in [-0.15, -0.1) is 0 Å². The maximum Gasteiger partial charge on any atom is 0.141 e. The van der Waals surface area contributed by atoms with E-state index in [1.54, 1.807) is 0 Å². The van der Waals surface area contributed by atoms with E-state index < -0.39 is 0 Å². The predicted molar refractivity (Wildman–Crippen MR) is 43.4 cm³/mol. The van der Waals surface area contributed by atoms with Crippen molar-refractivity contribution in [3.05, 3.63) is 0 Å². The average Bonchev–Trinajstić information content (AvgIpc) is 2.53. The van der Waals surface area contributed by atoms with E-state index in [0.717, 1.165) is 19.4 Å². The summed E-state index contributed by atoms with van der Waals surface area (Å²) in [6, 6.07) is 0. The van der Waals surface area contributed by atoms with Crippen molar-refractivity contribution in [3.8, 4) is 0 Å². The van der Waals surface area contributed by atoms with E-state index in [2.05, 4.69) is 6.92 Å². The summed E-state index contributed by atoms with van der Waals surface area (Å²) in [5.41, 5.74) is 0. The lowest BCUT2D eigenvalue weighted by Gasteiger charge is -2.11. The molecule has 0 aromatic rings. The van der Waals surface area contributed by atoms with Crippen LogP contribution in [0.2, 0.25) is 0 Å². The first-order valence-corrected chi connectivity index (χ1v) is 4.37. The zero-order valence-corrected chi connectivity index (χ0v) is 7.30. The Balaban J connectivity index is 2.39. The molecule has 0 aromatic heterocycles. The molecule has 1 rings (SSSR count). The number of hydrogen-bond acceptors (Lipinski definition) is 2. The maximum absolute atomic E-state index is 11.5. The van der Waals surface area contributed by atoms with Gasteiger partial charge < -0.3 is 4.74 Å². The molecule has 0 bridgehead atoms. The summed E-state index contributed by atoms with van der Waals surface area (Å²) in [5.74, 6) is 0.816. The molecule has 0 amide bonds. The third-order valence-corrected chi connectivity index (χ3v) is 2.43. The van der Waals surface area contributed by atoms with Crippen molar-refractivity contribution in [1.82, 2.24) is 0 Å². The van der Waals surface area contributed by atoms with Gasteiger partial charge in [-0.1, -0.05) is 13.8 Å². The minimum Gasteiger partial charge on any atom is -0.381 e. The van der Waals surface area contributed by atoms with Crippen molar-refractivity contribution in [3.63, 3.8) is 0 Å². The maximum atomic E-state index is 11.5. The number of ketones is 1. The number of carbonyl (C=O) groups excluding carboxylic acids is 1. The minimum absolute atomic E-state index is 0.199. The van der Waals surface area contributed by atoms with Crippen molar-refractivity contribution >= 4 is 5.78 Å². The molecule has 0 aliphatic carbocycles. The zero-order valence-electron chi connectivity index (χ0n) is 7.30. The first kappa shape index (κ1) is 8.72. The molecule has 0 spiro atoms. The highest BCUT2D eigenvalue weighted by Gasteiger charge is 2.26. The fourth-order valence-corrected chi connectivity index (χ4v) is 1.36. The Morgan fingerprint density at radius 3 is 2.91 bits per heavy atom. The van der Waals surface area contributed by atoms with E-state index in [1.165, 1.54) is 0 Å². The Morgan fingerprint density at radius 2 is 2.45 bits per heavy atom. The van der Waals surface area contributed by atoms with E-state index in [9.17, 15) is 4.79 Å². The number of Topliss-reactive ketones (excluding diaryl/α,β-unsaturated/α-hetero) is 1. The van der Waals surface area contributed by atoms with E-state index >= 15 is 0 Å². The molecule has 0 radical (unpaired) electrons. The Bertz CT molecular complexity index is 136. The van der Waals surface area contributed by atoms with Gasteiger partial charge in [0.1, 0.15) is 5.78 Å². The monoisotopic (exact) mass is 156 g/mol. The van der Waals surface area contributed by atoms with Crippen LogP contribution in [-0.2, 0) is 9.53 Å². The first-order chi connectivity index (χ1) is 5.25. The average molecular weight is 156 g/mol. The Kier molecular flexibility index (Phi) is 3.06. The molecule has 1 saturated heterocycles. The molecule has 2 nitrogen and oxygen atoms in total.